The highest BCUT2D eigenvalue weighted by molar-refractivity contribution is 6.17. The van der Waals surface area contributed by atoms with Crippen molar-refractivity contribution < 1.29 is 9.47 Å². The van der Waals surface area contributed by atoms with Gasteiger partial charge in [0.05, 0.1) is 13.2 Å². The molecule has 1 unspecified atom stereocenters. The molecule has 2 aromatic rings. The molecule has 0 bridgehead atoms. The highest BCUT2D eigenvalue weighted by Gasteiger charge is 2.26. The van der Waals surface area contributed by atoms with Gasteiger partial charge in [0.15, 0.2) is 11.5 Å². The average molecular weight is 303 g/mol. The van der Waals surface area contributed by atoms with E-state index in [4.69, 9.17) is 21.1 Å². The van der Waals surface area contributed by atoms with Gasteiger partial charge in [-0.15, -0.1) is 11.6 Å². The lowest BCUT2D eigenvalue weighted by Gasteiger charge is -2.30. The van der Waals surface area contributed by atoms with Crippen LogP contribution in [0.4, 0.5) is 0 Å². The lowest BCUT2D eigenvalue weighted by molar-refractivity contribution is 0.251. The lowest BCUT2D eigenvalue weighted by atomic mass is 9.78. The van der Waals surface area contributed by atoms with Crippen LogP contribution in [-0.4, -0.2) is 13.2 Å². The molecule has 0 N–H and O–H groups in total. The Morgan fingerprint density at radius 3 is 2.71 bits per heavy atom. The first-order chi connectivity index (χ1) is 10.3. The zero-order chi connectivity index (χ0) is 14.7. The topological polar surface area (TPSA) is 18.5 Å². The Morgan fingerprint density at radius 1 is 1.10 bits per heavy atom. The summed E-state index contributed by atoms with van der Waals surface area (Å²) in [5, 5.41) is 0. The van der Waals surface area contributed by atoms with Crippen LogP contribution in [-0.2, 0) is 12.3 Å². The monoisotopic (exact) mass is 302 g/mol. The third-order valence-corrected chi connectivity index (χ3v) is 4.17. The molecule has 1 atom stereocenters. The van der Waals surface area contributed by atoms with Crippen molar-refractivity contribution in [2.45, 2.75) is 25.1 Å². The number of fused-ring (bicyclic) bond motifs is 1. The van der Waals surface area contributed by atoms with Crippen molar-refractivity contribution in [3.05, 3.63) is 59.2 Å². The van der Waals surface area contributed by atoms with Crippen molar-refractivity contribution in [2.24, 2.45) is 0 Å². The van der Waals surface area contributed by atoms with Crippen LogP contribution >= 0.6 is 11.6 Å². The van der Waals surface area contributed by atoms with Crippen molar-refractivity contribution in [1.82, 2.24) is 0 Å². The van der Waals surface area contributed by atoms with Crippen molar-refractivity contribution in [3.8, 4) is 11.5 Å². The van der Waals surface area contributed by atoms with Gasteiger partial charge in [-0.25, -0.2) is 0 Å². The molecule has 0 aromatic heterocycles. The molecule has 1 aliphatic rings. The van der Waals surface area contributed by atoms with Gasteiger partial charge in [0.25, 0.3) is 0 Å². The minimum Gasteiger partial charge on any atom is -0.490 e. The van der Waals surface area contributed by atoms with Gasteiger partial charge >= 0.3 is 0 Å². The number of ether oxygens (including phenoxy) is 2. The SMILES string of the molecule is CCOc1cc(CCl)ccc1OCC1Cc2ccccc21. The molecule has 3 heteroatoms. The lowest BCUT2D eigenvalue weighted by Crippen LogP contribution is -2.23. The van der Waals surface area contributed by atoms with Gasteiger partial charge in [0.2, 0.25) is 0 Å². The Kier molecular flexibility index (Phi) is 4.35. The molecule has 21 heavy (non-hydrogen) atoms. The first-order valence-electron chi connectivity index (χ1n) is 7.34. The zero-order valence-corrected chi connectivity index (χ0v) is 12.9. The summed E-state index contributed by atoms with van der Waals surface area (Å²) in [5.41, 5.74) is 3.89. The first-order valence-corrected chi connectivity index (χ1v) is 7.87. The van der Waals surface area contributed by atoms with E-state index in [1.807, 2.05) is 25.1 Å². The minimum atomic E-state index is 0.482. The van der Waals surface area contributed by atoms with E-state index < -0.39 is 0 Å². The maximum Gasteiger partial charge on any atom is 0.161 e. The van der Waals surface area contributed by atoms with E-state index in [0.717, 1.165) is 23.5 Å². The van der Waals surface area contributed by atoms with E-state index in [-0.39, 0.29) is 0 Å². The van der Waals surface area contributed by atoms with Crippen molar-refractivity contribution in [1.29, 1.82) is 0 Å². The molecule has 0 saturated heterocycles. The van der Waals surface area contributed by atoms with Crippen LogP contribution in [0.25, 0.3) is 0 Å². The summed E-state index contributed by atoms with van der Waals surface area (Å²) in [5.74, 6) is 2.55. The second-order valence-corrected chi connectivity index (χ2v) is 5.53. The molecule has 3 rings (SSSR count). The number of rotatable bonds is 6. The molecule has 0 heterocycles. The third-order valence-electron chi connectivity index (χ3n) is 3.86. The Labute approximate surface area is 130 Å². The smallest absolute Gasteiger partial charge is 0.161 e. The molecule has 0 amide bonds. The zero-order valence-electron chi connectivity index (χ0n) is 12.1. The van der Waals surface area contributed by atoms with E-state index in [9.17, 15) is 0 Å². The first kappa shape index (κ1) is 14.3. The fourth-order valence-electron chi connectivity index (χ4n) is 2.72. The van der Waals surface area contributed by atoms with Crippen LogP contribution < -0.4 is 9.47 Å². The van der Waals surface area contributed by atoms with E-state index in [0.29, 0.717) is 25.0 Å². The van der Waals surface area contributed by atoms with E-state index >= 15 is 0 Å². The maximum atomic E-state index is 5.98. The van der Waals surface area contributed by atoms with Gasteiger partial charge in [-0.2, -0.15) is 0 Å². The predicted molar refractivity (Wildman–Crippen MR) is 85.6 cm³/mol. The average Bonchev–Trinajstić information content (AvgIpc) is 2.49. The highest BCUT2D eigenvalue weighted by Crippen LogP contribution is 2.36. The summed E-state index contributed by atoms with van der Waals surface area (Å²) in [7, 11) is 0. The third kappa shape index (κ3) is 3.01. The summed E-state index contributed by atoms with van der Waals surface area (Å²) in [6, 6.07) is 14.5. The second-order valence-electron chi connectivity index (χ2n) is 5.26. The molecule has 0 spiro atoms. The number of benzene rings is 2. The summed E-state index contributed by atoms with van der Waals surface area (Å²) >= 11 is 5.87. The summed E-state index contributed by atoms with van der Waals surface area (Å²) in [6.45, 7) is 3.28. The summed E-state index contributed by atoms with van der Waals surface area (Å²) < 4.78 is 11.6. The van der Waals surface area contributed by atoms with Gasteiger partial charge in [-0.1, -0.05) is 30.3 Å². The normalized spacial score (nSPS) is 16.0. The minimum absolute atomic E-state index is 0.482. The van der Waals surface area contributed by atoms with Gasteiger partial charge in [-0.3, -0.25) is 0 Å². The van der Waals surface area contributed by atoms with Crippen LogP contribution in [0.1, 0.15) is 29.5 Å². The van der Waals surface area contributed by atoms with Crippen molar-refractivity contribution in [2.75, 3.05) is 13.2 Å². The van der Waals surface area contributed by atoms with Gasteiger partial charge < -0.3 is 9.47 Å². The molecule has 1 aliphatic carbocycles. The molecule has 0 saturated carbocycles. The molecule has 110 valence electrons. The predicted octanol–water partition coefficient (Wildman–Crippen LogP) is 4.54. The largest absolute Gasteiger partial charge is 0.490 e. The molecule has 0 radical (unpaired) electrons. The molecular formula is C18H19ClO2. The Morgan fingerprint density at radius 2 is 1.95 bits per heavy atom. The Balaban J connectivity index is 1.68. The molecule has 2 aromatic carbocycles. The fourth-order valence-corrected chi connectivity index (χ4v) is 2.89. The number of halogens is 1. The van der Waals surface area contributed by atoms with E-state index in [1.54, 1.807) is 0 Å². The van der Waals surface area contributed by atoms with Crippen LogP contribution in [0.3, 0.4) is 0 Å². The molecule has 0 fully saturated rings. The Bertz CT molecular complexity index is 624. The van der Waals surface area contributed by atoms with Crippen molar-refractivity contribution in [3.63, 3.8) is 0 Å². The molecule has 0 aliphatic heterocycles. The fraction of sp³-hybridized carbons (Fsp3) is 0.333. The second kappa shape index (κ2) is 6.40. The summed E-state index contributed by atoms with van der Waals surface area (Å²) in [6.07, 6.45) is 1.10. The maximum absolute atomic E-state index is 5.98. The molecule has 2 nitrogen and oxygen atoms in total. The number of hydrogen-bond acceptors (Lipinski definition) is 2. The highest BCUT2D eigenvalue weighted by atomic mass is 35.5. The van der Waals surface area contributed by atoms with E-state index in [1.165, 1.54) is 11.1 Å². The van der Waals surface area contributed by atoms with Crippen molar-refractivity contribution >= 4 is 11.6 Å². The van der Waals surface area contributed by atoms with Crippen LogP contribution in [0.5, 0.6) is 11.5 Å². The van der Waals surface area contributed by atoms with Gasteiger partial charge in [-0.05, 0) is 42.2 Å². The Hall–Kier alpha value is -1.67. The standard InChI is InChI=1S/C18H19ClO2/c1-2-20-18-9-13(11-19)7-8-17(18)21-12-15-10-14-5-3-4-6-16(14)15/h3-9,15H,2,10-12H2,1H3. The van der Waals surface area contributed by atoms with Crippen LogP contribution in [0, 0.1) is 0 Å². The van der Waals surface area contributed by atoms with Gasteiger partial charge in [0, 0.05) is 11.8 Å². The van der Waals surface area contributed by atoms with Gasteiger partial charge in [0.1, 0.15) is 0 Å². The quantitative estimate of drug-likeness (QED) is 0.729. The number of alkyl halides is 1. The molecular weight excluding hydrogens is 284 g/mol. The summed E-state index contributed by atoms with van der Waals surface area (Å²) in [4.78, 5) is 0. The van der Waals surface area contributed by atoms with Crippen LogP contribution in [0.15, 0.2) is 42.5 Å². The van der Waals surface area contributed by atoms with E-state index in [2.05, 4.69) is 24.3 Å². The number of hydrogen-bond donors (Lipinski definition) is 0. The van der Waals surface area contributed by atoms with Crippen LogP contribution in [0.2, 0.25) is 0 Å².